The quantitative estimate of drug-likeness (QED) is 0.421. The van der Waals surface area contributed by atoms with E-state index >= 15 is 0 Å². The number of carbonyl (C=O) groups is 3. The third-order valence-corrected chi connectivity index (χ3v) is 4.36. The molecule has 0 bridgehead atoms. The lowest BCUT2D eigenvalue weighted by molar-refractivity contribution is -0.384. The molecule has 2 N–H and O–H groups in total. The summed E-state index contributed by atoms with van der Waals surface area (Å²) in [7, 11) is 0. The number of nitro groups is 1. The summed E-state index contributed by atoms with van der Waals surface area (Å²) in [6, 6.07) is 3.29. The summed E-state index contributed by atoms with van der Waals surface area (Å²) in [6.07, 6.45) is 4.10. The number of imide groups is 1. The molecule has 10 nitrogen and oxygen atoms in total. The van der Waals surface area contributed by atoms with Crippen LogP contribution in [0, 0.1) is 10.1 Å². The van der Waals surface area contributed by atoms with Gasteiger partial charge in [-0.2, -0.15) is 0 Å². The predicted octanol–water partition coefficient (Wildman–Crippen LogP) is 2.37. The van der Waals surface area contributed by atoms with Crippen LogP contribution in [0.15, 0.2) is 18.2 Å². The molecule has 1 aliphatic heterocycles. The molecule has 1 aliphatic rings. The Morgan fingerprint density at radius 2 is 1.83 bits per heavy atom. The van der Waals surface area contributed by atoms with E-state index in [1.807, 2.05) is 10.2 Å². The molecule has 1 heterocycles. The minimum Gasteiger partial charge on any atom is -0.452 e. The van der Waals surface area contributed by atoms with Crippen LogP contribution in [0.5, 0.6) is 0 Å². The van der Waals surface area contributed by atoms with E-state index in [9.17, 15) is 24.5 Å². The molecule has 158 valence electrons. The molecule has 0 spiro atoms. The first-order chi connectivity index (χ1) is 13.8. The number of nitrogens with zero attached hydrogens (tertiary/aromatic N) is 2. The van der Waals surface area contributed by atoms with Gasteiger partial charge in [0, 0.05) is 25.2 Å². The van der Waals surface area contributed by atoms with Crippen molar-refractivity contribution in [3.05, 3.63) is 33.9 Å². The first kappa shape index (κ1) is 22.1. The van der Waals surface area contributed by atoms with E-state index < -0.39 is 29.4 Å². The van der Waals surface area contributed by atoms with Crippen molar-refractivity contribution in [2.45, 2.75) is 45.6 Å². The summed E-state index contributed by atoms with van der Waals surface area (Å²) in [5.41, 5.74) is 0.258. The summed E-state index contributed by atoms with van der Waals surface area (Å²) in [5, 5.41) is 16.0. The van der Waals surface area contributed by atoms with E-state index in [4.69, 9.17) is 4.74 Å². The monoisotopic (exact) mass is 406 g/mol. The highest BCUT2D eigenvalue weighted by molar-refractivity contribution is 5.97. The number of esters is 1. The predicted molar refractivity (Wildman–Crippen MR) is 106 cm³/mol. The molecule has 1 aromatic rings. The van der Waals surface area contributed by atoms with Crippen molar-refractivity contribution in [3.8, 4) is 0 Å². The van der Waals surface area contributed by atoms with Crippen LogP contribution in [0.3, 0.4) is 0 Å². The second-order valence-electron chi connectivity index (χ2n) is 7.11. The zero-order chi connectivity index (χ0) is 21.4. The lowest BCUT2D eigenvalue weighted by Crippen LogP contribution is -2.44. The molecule has 3 amide bonds. The van der Waals surface area contributed by atoms with Crippen LogP contribution in [0.25, 0.3) is 0 Å². The van der Waals surface area contributed by atoms with E-state index in [2.05, 4.69) is 5.32 Å². The minimum absolute atomic E-state index is 0.0327. The van der Waals surface area contributed by atoms with E-state index in [1.165, 1.54) is 12.1 Å². The zero-order valence-electron chi connectivity index (χ0n) is 16.6. The van der Waals surface area contributed by atoms with Gasteiger partial charge in [-0.1, -0.05) is 12.8 Å². The van der Waals surface area contributed by atoms with Gasteiger partial charge in [0.2, 0.25) is 0 Å². The van der Waals surface area contributed by atoms with Crippen LogP contribution in [0.2, 0.25) is 0 Å². The number of benzene rings is 1. The maximum atomic E-state index is 12.2. The number of anilines is 1. The number of carbonyl (C=O) groups excluding carboxylic acids is 3. The minimum atomic E-state index is -0.880. The van der Waals surface area contributed by atoms with Gasteiger partial charge in [-0.25, -0.2) is 9.59 Å². The van der Waals surface area contributed by atoms with Gasteiger partial charge in [0.15, 0.2) is 6.61 Å². The van der Waals surface area contributed by atoms with E-state index in [1.54, 1.807) is 13.8 Å². The van der Waals surface area contributed by atoms with Crippen molar-refractivity contribution in [3.63, 3.8) is 0 Å². The molecular formula is C19H26N4O6. The largest absolute Gasteiger partial charge is 0.452 e. The number of hydrogen-bond acceptors (Lipinski definition) is 7. The van der Waals surface area contributed by atoms with Crippen LogP contribution in [-0.2, 0) is 9.53 Å². The number of nitrogens with one attached hydrogen (secondary N) is 2. The summed E-state index contributed by atoms with van der Waals surface area (Å²) in [4.78, 5) is 48.3. The fourth-order valence-electron chi connectivity index (χ4n) is 3.05. The second kappa shape index (κ2) is 10.4. The van der Waals surface area contributed by atoms with Crippen molar-refractivity contribution in [1.82, 2.24) is 10.6 Å². The van der Waals surface area contributed by atoms with Gasteiger partial charge in [-0.05, 0) is 38.8 Å². The van der Waals surface area contributed by atoms with Crippen molar-refractivity contribution in [1.29, 1.82) is 0 Å². The summed E-state index contributed by atoms with van der Waals surface area (Å²) in [6.45, 7) is 4.23. The maximum Gasteiger partial charge on any atom is 0.338 e. The fraction of sp³-hybridized carbons (Fsp3) is 0.526. The zero-order valence-corrected chi connectivity index (χ0v) is 16.6. The molecule has 29 heavy (non-hydrogen) atoms. The Hall–Kier alpha value is -3.17. The van der Waals surface area contributed by atoms with Gasteiger partial charge in [0.05, 0.1) is 10.5 Å². The number of rotatable bonds is 6. The molecule has 0 unspecified atom stereocenters. The highest BCUT2D eigenvalue weighted by Gasteiger charge is 2.23. The third kappa shape index (κ3) is 6.74. The molecule has 1 fully saturated rings. The van der Waals surface area contributed by atoms with Gasteiger partial charge in [-0.3, -0.25) is 20.2 Å². The van der Waals surface area contributed by atoms with E-state index in [0.717, 1.165) is 44.8 Å². The Morgan fingerprint density at radius 3 is 2.41 bits per heavy atom. The van der Waals surface area contributed by atoms with E-state index in [-0.39, 0.29) is 17.3 Å². The lowest BCUT2D eigenvalue weighted by atomic mass is 10.1. The second-order valence-corrected chi connectivity index (χ2v) is 7.11. The fourth-order valence-corrected chi connectivity index (χ4v) is 3.05. The number of amides is 3. The number of urea groups is 1. The van der Waals surface area contributed by atoms with Crippen molar-refractivity contribution in [2.75, 3.05) is 24.6 Å². The van der Waals surface area contributed by atoms with Crippen molar-refractivity contribution >= 4 is 29.3 Å². The Labute approximate surface area is 168 Å². The topological polar surface area (TPSA) is 131 Å². The Kier molecular flexibility index (Phi) is 7.93. The SMILES string of the molecule is CC(C)NC(=O)NC(=O)COC(=O)c1ccc(N2CCCCCC2)c([N+](=O)[O-])c1. The van der Waals surface area contributed by atoms with Crippen molar-refractivity contribution < 1.29 is 24.0 Å². The standard InChI is InChI=1S/C19H26N4O6/c1-13(2)20-19(26)21-17(24)12-29-18(25)14-7-8-15(16(11-14)23(27)28)22-9-5-3-4-6-10-22/h7-8,11,13H,3-6,9-10,12H2,1-2H3,(H2,20,21,24,26). The molecule has 1 saturated heterocycles. The van der Waals surface area contributed by atoms with Gasteiger partial charge in [-0.15, -0.1) is 0 Å². The summed E-state index contributed by atoms with van der Waals surface area (Å²) in [5.74, 6) is -1.68. The average molecular weight is 406 g/mol. The van der Waals surface area contributed by atoms with Gasteiger partial charge >= 0.3 is 12.0 Å². The first-order valence-corrected chi connectivity index (χ1v) is 9.58. The lowest BCUT2D eigenvalue weighted by Gasteiger charge is -2.22. The molecule has 10 heteroatoms. The Morgan fingerprint density at radius 1 is 1.17 bits per heavy atom. The van der Waals surface area contributed by atoms with Crippen LogP contribution in [0.1, 0.15) is 49.9 Å². The maximum absolute atomic E-state index is 12.2. The highest BCUT2D eigenvalue weighted by Crippen LogP contribution is 2.31. The molecule has 0 saturated carbocycles. The smallest absolute Gasteiger partial charge is 0.338 e. The Bertz CT molecular complexity index is 772. The van der Waals surface area contributed by atoms with Gasteiger partial charge < -0.3 is 15.0 Å². The number of hydrogen-bond donors (Lipinski definition) is 2. The molecule has 0 aromatic heterocycles. The highest BCUT2D eigenvalue weighted by atomic mass is 16.6. The molecular weight excluding hydrogens is 380 g/mol. The number of nitro benzene ring substituents is 1. The van der Waals surface area contributed by atoms with Crippen LogP contribution < -0.4 is 15.5 Å². The van der Waals surface area contributed by atoms with Crippen molar-refractivity contribution in [2.24, 2.45) is 0 Å². The molecule has 0 aliphatic carbocycles. The van der Waals surface area contributed by atoms with E-state index in [0.29, 0.717) is 5.69 Å². The normalized spacial score (nSPS) is 14.1. The molecule has 0 atom stereocenters. The molecule has 2 rings (SSSR count). The van der Waals surface area contributed by atoms with Crippen LogP contribution in [0.4, 0.5) is 16.2 Å². The Balaban J connectivity index is 2.03. The average Bonchev–Trinajstić information content (AvgIpc) is 2.94. The van der Waals surface area contributed by atoms with Gasteiger partial charge in [0.1, 0.15) is 5.69 Å². The first-order valence-electron chi connectivity index (χ1n) is 9.58. The van der Waals surface area contributed by atoms with Crippen LogP contribution in [-0.4, -0.2) is 48.6 Å². The van der Waals surface area contributed by atoms with Gasteiger partial charge in [0.25, 0.3) is 11.6 Å². The summed E-state index contributed by atoms with van der Waals surface area (Å²) >= 11 is 0. The third-order valence-electron chi connectivity index (χ3n) is 4.36. The van der Waals surface area contributed by atoms with Crippen LogP contribution >= 0.6 is 0 Å². The molecule has 1 aromatic carbocycles. The summed E-state index contributed by atoms with van der Waals surface area (Å²) < 4.78 is 4.87. The number of ether oxygens (including phenoxy) is 1. The molecule has 0 radical (unpaired) electrons.